The molecule has 0 unspecified atom stereocenters. The van der Waals surface area contributed by atoms with Gasteiger partial charge in [-0.3, -0.25) is 0 Å². The van der Waals surface area contributed by atoms with Crippen LogP contribution < -0.4 is 10.6 Å². The van der Waals surface area contributed by atoms with Crippen LogP contribution in [-0.4, -0.2) is 13.1 Å². The van der Waals surface area contributed by atoms with Crippen molar-refractivity contribution in [3.8, 4) is 0 Å². The Balaban J connectivity index is 1.61. The van der Waals surface area contributed by atoms with Crippen LogP contribution in [0, 0.1) is 12.7 Å². The maximum Gasteiger partial charge on any atom is 0.337 e. The first-order valence-electron chi connectivity index (χ1n) is 9.26. The van der Waals surface area contributed by atoms with Crippen LogP contribution in [-0.2, 0) is 17.8 Å². The van der Waals surface area contributed by atoms with Crippen LogP contribution in [0.3, 0.4) is 0 Å². The molecule has 0 spiro atoms. The number of halogens is 3. The molecule has 0 aromatic heterocycles. The van der Waals surface area contributed by atoms with Gasteiger partial charge in [0.2, 0.25) is 0 Å². The molecule has 3 aromatic rings. The molecule has 0 bridgehead atoms. The van der Waals surface area contributed by atoms with Gasteiger partial charge in [0.1, 0.15) is 5.82 Å². The number of esters is 1. The number of hydrogen-bond donors (Lipinski definition) is 2. The molecule has 4 nitrogen and oxygen atoms in total. The van der Waals surface area contributed by atoms with Crippen molar-refractivity contribution in [2.45, 2.75) is 20.0 Å². The number of methoxy groups -OCH3 is 1. The van der Waals surface area contributed by atoms with Crippen LogP contribution in [0.5, 0.6) is 0 Å². The molecule has 0 aliphatic heterocycles. The minimum Gasteiger partial charge on any atom is -0.465 e. The summed E-state index contributed by atoms with van der Waals surface area (Å²) in [5.74, 6) is -1.05. The predicted octanol–water partition coefficient (Wildman–Crippen LogP) is 6.45. The molecule has 3 rings (SSSR count). The first-order chi connectivity index (χ1) is 14.4. The number of anilines is 2. The number of carbonyl (C=O) groups is 1. The normalized spacial score (nSPS) is 10.6. The molecular formula is C23H21Cl2FN2O2. The van der Waals surface area contributed by atoms with Gasteiger partial charge in [-0.25, -0.2) is 9.18 Å². The minimum atomic E-state index is -0.572. The number of hydrogen-bond acceptors (Lipinski definition) is 4. The number of rotatable bonds is 7. The summed E-state index contributed by atoms with van der Waals surface area (Å²) in [6, 6.07) is 15.6. The third kappa shape index (κ3) is 5.43. The van der Waals surface area contributed by atoms with E-state index < -0.39 is 11.8 Å². The molecule has 0 aliphatic rings. The standard InChI is InChI=1S/C23H21Cl2FN2O2/c1-14-3-7-18(10-20(14)24)27-12-16-6-8-19(11-21(16)25)28-13-17-5-4-15(9-22(17)26)23(29)30-2/h3-11,27-28H,12-13H2,1-2H3. The minimum absolute atomic E-state index is 0.175. The van der Waals surface area contributed by atoms with Gasteiger partial charge in [0, 0.05) is 40.1 Å². The monoisotopic (exact) mass is 446 g/mol. The Morgan fingerprint density at radius 2 is 1.50 bits per heavy atom. The van der Waals surface area contributed by atoms with Crippen molar-refractivity contribution >= 4 is 40.5 Å². The van der Waals surface area contributed by atoms with Crippen LogP contribution >= 0.6 is 23.2 Å². The van der Waals surface area contributed by atoms with Crippen LogP contribution in [0.2, 0.25) is 10.0 Å². The maximum atomic E-state index is 14.2. The predicted molar refractivity (Wildman–Crippen MR) is 120 cm³/mol. The molecule has 0 atom stereocenters. The fourth-order valence-electron chi connectivity index (χ4n) is 2.83. The Bertz CT molecular complexity index is 1070. The number of aryl methyl sites for hydroxylation is 1. The lowest BCUT2D eigenvalue weighted by Gasteiger charge is -2.12. The van der Waals surface area contributed by atoms with Crippen molar-refractivity contribution in [1.82, 2.24) is 0 Å². The summed E-state index contributed by atoms with van der Waals surface area (Å²) in [6.07, 6.45) is 0. The van der Waals surface area contributed by atoms with E-state index in [4.69, 9.17) is 23.2 Å². The second-order valence-electron chi connectivity index (χ2n) is 6.78. The highest BCUT2D eigenvalue weighted by Crippen LogP contribution is 2.25. The highest BCUT2D eigenvalue weighted by atomic mass is 35.5. The first kappa shape index (κ1) is 21.9. The van der Waals surface area contributed by atoms with E-state index in [1.165, 1.54) is 19.2 Å². The zero-order valence-corrected chi connectivity index (χ0v) is 18.1. The molecule has 0 fully saturated rings. The van der Waals surface area contributed by atoms with E-state index in [1.807, 2.05) is 37.3 Å². The summed E-state index contributed by atoms with van der Waals surface area (Å²) in [5.41, 5.74) is 4.22. The number of benzene rings is 3. The van der Waals surface area contributed by atoms with E-state index in [2.05, 4.69) is 15.4 Å². The summed E-state index contributed by atoms with van der Waals surface area (Å²) < 4.78 is 18.8. The Kier molecular flexibility index (Phi) is 7.19. The number of carbonyl (C=O) groups excluding carboxylic acids is 1. The van der Waals surface area contributed by atoms with Gasteiger partial charge in [0.15, 0.2) is 0 Å². The van der Waals surface area contributed by atoms with E-state index in [9.17, 15) is 9.18 Å². The fraction of sp³-hybridized carbons (Fsp3) is 0.174. The highest BCUT2D eigenvalue weighted by Gasteiger charge is 2.10. The van der Waals surface area contributed by atoms with E-state index >= 15 is 0 Å². The topological polar surface area (TPSA) is 50.4 Å². The second-order valence-corrected chi connectivity index (χ2v) is 7.59. The summed E-state index contributed by atoms with van der Waals surface area (Å²) >= 11 is 12.6. The fourth-order valence-corrected chi connectivity index (χ4v) is 3.26. The second kappa shape index (κ2) is 9.83. The van der Waals surface area contributed by atoms with Crippen LogP contribution in [0.25, 0.3) is 0 Å². The molecular weight excluding hydrogens is 426 g/mol. The van der Waals surface area contributed by atoms with Gasteiger partial charge >= 0.3 is 5.97 Å². The molecule has 0 amide bonds. The van der Waals surface area contributed by atoms with Gasteiger partial charge in [-0.2, -0.15) is 0 Å². The van der Waals surface area contributed by atoms with Gasteiger partial charge in [0.25, 0.3) is 0 Å². The van der Waals surface area contributed by atoms with Gasteiger partial charge < -0.3 is 15.4 Å². The third-order valence-corrected chi connectivity index (χ3v) is 5.42. The van der Waals surface area contributed by atoms with E-state index in [-0.39, 0.29) is 12.1 Å². The summed E-state index contributed by atoms with van der Waals surface area (Å²) in [5, 5.41) is 7.73. The summed E-state index contributed by atoms with van der Waals surface area (Å²) in [7, 11) is 1.26. The lowest BCUT2D eigenvalue weighted by atomic mass is 10.1. The van der Waals surface area contributed by atoms with Gasteiger partial charge in [0.05, 0.1) is 12.7 Å². The van der Waals surface area contributed by atoms with Crippen molar-refractivity contribution in [1.29, 1.82) is 0 Å². The molecule has 0 saturated heterocycles. The average molecular weight is 447 g/mol. The molecule has 30 heavy (non-hydrogen) atoms. The van der Waals surface area contributed by atoms with Crippen molar-refractivity contribution < 1.29 is 13.9 Å². The largest absolute Gasteiger partial charge is 0.465 e. The first-order valence-corrected chi connectivity index (χ1v) is 10.0. The molecule has 0 saturated carbocycles. The maximum absolute atomic E-state index is 14.2. The zero-order valence-electron chi connectivity index (χ0n) is 16.6. The Hall–Kier alpha value is -2.76. The van der Waals surface area contributed by atoms with Crippen molar-refractivity contribution in [3.05, 3.63) is 92.7 Å². The van der Waals surface area contributed by atoms with Crippen molar-refractivity contribution in [2.24, 2.45) is 0 Å². The van der Waals surface area contributed by atoms with Crippen molar-refractivity contribution in [2.75, 3.05) is 17.7 Å². The summed E-state index contributed by atoms with van der Waals surface area (Å²) in [4.78, 5) is 11.5. The smallest absolute Gasteiger partial charge is 0.337 e. The Morgan fingerprint density at radius 3 is 2.10 bits per heavy atom. The molecule has 0 radical (unpaired) electrons. The molecule has 0 heterocycles. The average Bonchev–Trinajstić information content (AvgIpc) is 2.74. The van der Waals surface area contributed by atoms with Crippen molar-refractivity contribution in [3.63, 3.8) is 0 Å². The van der Waals surface area contributed by atoms with Crippen LogP contribution in [0.4, 0.5) is 15.8 Å². The van der Waals surface area contributed by atoms with E-state index in [1.54, 1.807) is 12.1 Å². The van der Waals surface area contributed by atoms with Gasteiger partial charge in [-0.15, -0.1) is 0 Å². The highest BCUT2D eigenvalue weighted by molar-refractivity contribution is 6.32. The quantitative estimate of drug-likeness (QED) is 0.409. The van der Waals surface area contributed by atoms with E-state index in [0.717, 1.165) is 22.5 Å². The SMILES string of the molecule is COC(=O)c1ccc(CNc2ccc(CNc3ccc(C)c(Cl)c3)c(Cl)c2)c(F)c1. The molecule has 7 heteroatoms. The zero-order chi connectivity index (χ0) is 21.7. The number of ether oxygens (including phenoxy) is 1. The molecule has 156 valence electrons. The number of nitrogens with one attached hydrogen (secondary N) is 2. The lowest BCUT2D eigenvalue weighted by molar-refractivity contribution is 0.0600. The third-order valence-electron chi connectivity index (χ3n) is 4.66. The van der Waals surface area contributed by atoms with Gasteiger partial charge in [-0.1, -0.05) is 41.4 Å². The van der Waals surface area contributed by atoms with Crippen LogP contribution in [0.1, 0.15) is 27.0 Å². The van der Waals surface area contributed by atoms with E-state index in [0.29, 0.717) is 22.2 Å². The molecule has 0 aliphatic carbocycles. The molecule has 3 aromatic carbocycles. The summed E-state index contributed by atoms with van der Waals surface area (Å²) in [6.45, 7) is 2.75. The van der Waals surface area contributed by atoms with Crippen LogP contribution in [0.15, 0.2) is 54.6 Å². The lowest BCUT2D eigenvalue weighted by Crippen LogP contribution is -2.06. The Morgan fingerprint density at radius 1 is 0.900 bits per heavy atom. The van der Waals surface area contributed by atoms with Gasteiger partial charge in [-0.05, 0) is 54.4 Å². The Labute approximate surface area is 185 Å². The molecule has 2 N–H and O–H groups in total.